The Morgan fingerprint density at radius 3 is 2.74 bits per heavy atom. The summed E-state index contributed by atoms with van der Waals surface area (Å²) in [6, 6.07) is 0.663. The molecule has 3 aromatic heterocycles. The summed E-state index contributed by atoms with van der Waals surface area (Å²) in [6.07, 6.45) is 17.4. The highest BCUT2D eigenvalue weighted by Gasteiger charge is 2.39. The largest absolute Gasteiger partial charge is 0.341 e. The highest BCUT2D eigenvalue weighted by Crippen LogP contribution is 2.43. The van der Waals surface area contributed by atoms with E-state index in [1.165, 1.54) is 37.7 Å². The van der Waals surface area contributed by atoms with E-state index >= 15 is 0 Å². The Bertz CT molecular complexity index is 1150. The second-order valence-electron chi connectivity index (χ2n) is 8.83. The predicted octanol–water partition coefficient (Wildman–Crippen LogP) is 4.33. The molecule has 160 valence electrons. The van der Waals surface area contributed by atoms with Gasteiger partial charge >= 0.3 is 0 Å². The van der Waals surface area contributed by atoms with Crippen molar-refractivity contribution >= 4 is 11.4 Å². The maximum atomic E-state index is 5.17. The second-order valence-corrected chi connectivity index (χ2v) is 8.83. The Balaban J connectivity index is 1.52. The van der Waals surface area contributed by atoms with E-state index < -0.39 is 0 Å². The molecule has 8 heteroatoms. The van der Waals surface area contributed by atoms with E-state index in [2.05, 4.69) is 37.6 Å². The van der Waals surface area contributed by atoms with Crippen molar-refractivity contribution in [1.29, 1.82) is 0 Å². The Kier molecular flexibility index (Phi) is 4.40. The molecule has 0 saturated heterocycles. The average Bonchev–Trinajstić information content (AvgIpc) is 3.59. The van der Waals surface area contributed by atoms with Crippen molar-refractivity contribution in [2.24, 2.45) is 0 Å². The number of anilines is 1. The van der Waals surface area contributed by atoms with Gasteiger partial charge in [-0.25, -0.2) is 9.97 Å². The first kappa shape index (κ1) is 18.7. The summed E-state index contributed by atoms with van der Waals surface area (Å²) in [5, 5.41) is 8.96. The van der Waals surface area contributed by atoms with Crippen LogP contribution in [0.1, 0.15) is 81.8 Å². The van der Waals surface area contributed by atoms with Crippen LogP contribution in [0, 0.1) is 6.92 Å². The van der Waals surface area contributed by atoms with E-state index in [9.17, 15) is 0 Å². The zero-order valence-corrected chi connectivity index (χ0v) is 18.2. The molecule has 4 heterocycles. The van der Waals surface area contributed by atoms with Crippen LogP contribution in [-0.2, 0) is 0 Å². The van der Waals surface area contributed by atoms with Gasteiger partial charge in [0.2, 0.25) is 5.95 Å². The van der Waals surface area contributed by atoms with Crippen LogP contribution in [0.3, 0.4) is 0 Å². The number of hydrogen-bond donors (Lipinski definition) is 0. The zero-order chi connectivity index (χ0) is 20.9. The summed E-state index contributed by atoms with van der Waals surface area (Å²) in [6.45, 7) is 4.24. The van der Waals surface area contributed by atoms with Crippen LogP contribution in [0.25, 0.3) is 17.2 Å². The van der Waals surface area contributed by atoms with Crippen molar-refractivity contribution in [3.8, 4) is 11.6 Å². The first-order valence-electron chi connectivity index (χ1n) is 11.6. The lowest BCUT2D eigenvalue weighted by atomic mass is 10.0. The van der Waals surface area contributed by atoms with Gasteiger partial charge in [-0.2, -0.15) is 4.98 Å². The normalized spacial score (nSPS) is 20.8. The minimum atomic E-state index is 0.180. The topological polar surface area (TPSA) is 77.5 Å². The van der Waals surface area contributed by atoms with Crippen molar-refractivity contribution in [2.45, 2.75) is 77.3 Å². The number of rotatable bonds is 4. The number of allylic oxidation sites excluding steroid dienone is 2. The Morgan fingerprint density at radius 2 is 1.97 bits per heavy atom. The van der Waals surface area contributed by atoms with Crippen molar-refractivity contribution in [2.75, 3.05) is 4.90 Å². The molecule has 0 radical (unpaired) electrons. The number of fused-ring (bicyclic) bond motifs is 3. The molecule has 1 saturated carbocycles. The summed E-state index contributed by atoms with van der Waals surface area (Å²) >= 11 is 0. The lowest BCUT2D eigenvalue weighted by Gasteiger charge is -2.41. The minimum Gasteiger partial charge on any atom is -0.341 e. The SMILES string of the molecule is CCC1c2nnc(C)n2-c2cnc(-n3ccnc3C3=CCCC3)nc2N1C1CCCC1. The molecule has 6 rings (SSSR count). The molecular weight excluding hydrogens is 388 g/mol. The van der Waals surface area contributed by atoms with Crippen molar-refractivity contribution in [3.05, 3.63) is 42.1 Å². The van der Waals surface area contributed by atoms with Crippen molar-refractivity contribution in [3.63, 3.8) is 0 Å². The molecule has 0 N–H and O–H groups in total. The minimum absolute atomic E-state index is 0.180. The quantitative estimate of drug-likeness (QED) is 0.630. The summed E-state index contributed by atoms with van der Waals surface area (Å²) in [5.41, 5.74) is 2.28. The van der Waals surface area contributed by atoms with E-state index in [0.717, 1.165) is 48.2 Å². The fourth-order valence-corrected chi connectivity index (χ4v) is 5.55. The maximum Gasteiger partial charge on any atom is 0.237 e. The molecule has 0 spiro atoms. The molecule has 1 unspecified atom stereocenters. The monoisotopic (exact) mass is 416 g/mol. The van der Waals surface area contributed by atoms with E-state index in [4.69, 9.17) is 9.97 Å². The van der Waals surface area contributed by atoms with Crippen molar-refractivity contribution in [1.82, 2.24) is 34.3 Å². The van der Waals surface area contributed by atoms with Gasteiger partial charge in [-0.1, -0.05) is 25.8 Å². The number of nitrogens with zero attached hydrogens (tertiary/aromatic N) is 8. The van der Waals surface area contributed by atoms with Gasteiger partial charge in [0.25, 0.3) is 0 Å². The highest BCUT2D eigenvalue weighted by atomic mass is 15.4. The van der Waals surface area contributed by atoms with Gasteiger partial charge in [0.15, 0.2) is 11.6 Å². The Morgan fingerprint density at radius 1 is 1.10 bits per heavy atom. The second kappa shape index (κ2) is 7.28. The number of hydrogen-bond acceptors (Lipinski definition) is 6. The van der Waals surface area contributed by atoms with Gasteiger partial charge in [0.05, 0.1) is 12.2 Å². The third-order valence-corrected chi connectivity index (χ3v) is 7.00. The molecule has 1 aliphatic heterocycles. The predicted molar refractivity (Wildman–Crippen MR) is 118 cm³/mol. The molecule has 1 atom stereocenters. The summed E-state index contributed by atoms with van der Waals surface area (Å²) < 4.78 is 4.19. The van der Waals surface area contributed by atoms with Crippen LogP contribution in [0.5, 0.6) is 0 Å². The molecule has 3 aliphatic rings. The number of aromatic nitrogens is 7. The van der Waals surface area contributed by atoms with E-state index in [1.54, 1.807) is 0 Å². The summed E-state index contributed by atoms with van der Waals surface area (Å²) in [7, 11) is 0. The summed E-state index contributed by atoms with van der Waals surface area (Å²) in [5.74, 6) is 4.55. The van der Waals surface area contributed by atoms with Gasteiger partial charge in [-0.3, -0.25) is 9.13 Å². The number of aryl methyl sites for hydroxylation is 1. The lowest BCUT2D eigenvalue weighted by Crippen LogP contribution is -2.42. The lowest BCUT2D eigenvalue weighted by molar-refractivity contribution is 0.467. The van der Waals surface area contributed by atoms with Crippen LogP contribution in [-0.4, -0.2) is 40.3 Å². The van der Waals surface area contributed by atoms with E-state index in [0.29, 0.717) is 12.0 Å². The molecule has 31 heavy (non-hydrogen) atoms. The van der Waals surface area contributed by atoms with Gasteiger partial charge in [-0.05, 0) is 51.0 Å². The van der Waals surface area contributed by atoms with Crippen LogP contribution in [0.2, 0.25) is 0 Å². The Labute approximate surface area is 182 Å². The van der Waals surface area contributed by atoms with Crippen molar-refractivity contribution < 1.29 is 0 Å². The zero-order valence-electron chi connectivity index (χ0n) is 18.2. The van der Waals surface area contributed by atoms with Gasteiger partial charge in [0.1, 0.15) is 17.3 Å². The van der Waals surface area contributed by atoms with Gasteiger partial charge in [-0.15, -0.1) is 10.2 Å². The standard InChI is InChI=1S/C23H28N8/c1-3-18-22-28-27-15(2)30(22)19-14-25-23(26-21(19)31(18)17-10-6-7-11-17)29-13-12-24-20(29)16-8-4-5-9-16/h8,12-14,17-18H,3-7,9-11H2,1-2H3. The van der Waals surface area contributed by atoms with E-state index in [-0.39, 0.29) is 6.04 Å². The van der Waals surface area contributed by atoms with Crippen LogP contribution < -0.4 is 4.90 Å². The molecule has 8 nitrogen and oxygen atoms in total. The molecule has 0 bridgehead atoms. The van der Waals surface area contributed by atoms with Gasteiger partial charge in [0, 0.05) is 18.4 Å². The van der Waals surface area contributed by atoms with E-state index in [1.807, 2.05) is 30.1 Å². The fourth-order valence-electron chi connectivity index (χ4n) is 5.55. The highest BCUT2D eigenvalue weighted by molar-refractivity contribution is 5.65. The molecule has 1 fully saturated rings. The van der Waals surface area contributed by atoms with Gasteiger partial charge < -0.3 is 4.90 Å². The average molecular weight is 417 g/mol. The molecular formula is C23H28N8. The third-order valence-electron chi connectivity index (χ3n) is 7.00. The first-order valence-corrected chi connectivity index (χ1v) is 11.6. The third kappa shape index (κ3) is 2.84. The smallest absolute Gasteiger partial charge is 0.237 e. The van der Waals surface area contributed by atoms with Crippen LogP contribution >= 0.6 is 0 Å². The molecule has 2 aliphatic carbocycles. The Hall–Kier alpha value is -3.03. The van der Waals surface area contributed by atoms with Crippen LogP contribution in [0.4, 0.5) is 5.82 Å². The first-order chi connectivity index (χ1) is 15.3. The molecule has 0 aromatic carbocycles. The van der Waals surface area contributed by atoms with Crippen LogP contribution in [0.15, 0.2) is 24.7 Å². The summed E-state index contributed by atoms with van der Waals surface area (Å²) in [4.78, 5) is 17.1. The maximum absolute atomic E-state index is 5.17. The fraction of sp³-hybridized carbons (Fsp3) is 0.522. The number of imidazole rings is 1. The molecule has 3 aromatic rings. The molecule has 0 amide bonds.